The molecule has 29 heavy (non-hydrogen) atoms. The van der Waals surface area contributed by atoms with Gasteiger partial charge in [0, 0.05) is 24.7 Å². The van der Waals surface area contributed by atoms with Gasteiger partial charge in [-0.3, -0.25) is 9.59 Å². The number of esters is 1. The Morgan fingerprint density at radius 2 is 2.03 bits per heavy atom. The molecule has 0 aliphatic carbocycles. The first kappa shape index (κ1) is 20.7. The molecule has 3 amide bonds. The minimum atomic E-state index is -0.465. The lowest BCUT2D eigenvalue weighted by atomic mass is 9.99. The van der Waals surface area contributed by atoms with E-state index in [1.807, 2.05) is 18.2 Å². The maximum atomic E-state index is 12.4. The van der Waals surface area contributed by atoms with Crippen LogP contribution in [0.4, 0.5) is 10.5 Å². The molecule has 1 aliphatic rings. The van der Waals surface area contributed by atoms with Crippen LogP contribution < -0.4 is 10.6 Å². The lowest BCUT2D eigenvalue weighted by Gasteiger charge is -2.31. The Balaban J connectivity index is 1.56. The van der Waals surface area contributed by atoms with Gasteiger partial charge in [0.15, 0.2) is 0 Å². The number of benzene rings is 1. The van der Waals surface area contributed by atoms with Crippen LogP contribution in [-0.2, 0) is 9.53 Å². The van der Waals surface area contributed by atoms with Gasteiger partial charge >= 0.3 is 12.0 Å². The van der Waals surface area contributed by atoms with Crippen LogP contribution in [0, 0.1) is 0 Å². The number of para-hydroxylation sites is 1. The third kappa shape index (κ3) is 5.74. The second-order valence-corrected chi connectivity index (χ2v) is 7.52. The first-order chi connectivity index (χ1) is 14.1. The van der Waals surface area contributed by atoms with E-state index < -0.39 is 5.97 Å². The molecule has 1 fully saturated rings. The molecule has 1 atom stereocenters. The van der Waals surface area contributed by atoms with Crippen LogP contribution >= 0.6 is 11.3 Å². The summed E-state index contributed by atoms with van der Waals surface area (Å²) < 4.78 is 4.81. The van der Waals surface area contributed by atoms with E-state index in [-0.39, 0.29) is 36.0 Å². The monoisotopic (exact) mass is 417 g/mol. The highest BCUT2D eigenvalue weighted by Gasteiger charge is 2.28. The molecule has 0 saturated carbocycles. The zero-order valence-corrected chi connectivity index (χ0v) is 16.9. The molecule has 3 rings (SSSR count). The van der Waals surface area contributed by atoms with Gasteiger partial charge in [0.2, 0.25) is 5.01 Å². The number of carbonyl (C=O) groups excluding carboxylic acids is 3. The maximum Gasteiger partial charge on any atom is 0.325 e. The quantitative estimate of drug-likeness (QED) is 0.697. The van der Waals surface area contributed by atoms with Crippen molar-refractivity contribution in [2.24, 2.45) is 0 Å². The first-order valence-electron chi connectivity index (χ1n) is 9.45. The number of nitrogens with zero attached hydrogens (tertiary/aromatic N) is 3. The van der Waals surface area contributed by atoms with Gasteiger partial charge in [-0.2, -0.15) is 0 Å². The third-order valence-electron chi connectivity index (χ3n) is 4.41. The van der Waals surface area contributed by atoms with E-state index >= 15 is 0 Å². The summed E-state index contributed by atoms with van der Waals surface area (Å²) in [7, 11) is 0. The molecule has 2 aromatic rings. The van der Waals surface area contributed by atoms with E-state index in [2.05, 4.69) is 20.8 Å². The number of urea groups is 1. The number of hydrogen-bond donors (Lipinski definition) is 2. The van der Waals surface area contributed by atoms with E-state index in [4.69, 9.17) is 4.74 Å². The summed E-state index contributed by atoms with van der Waals surface area (Å²) in [5.74, 6) is -0.764. The number of rotatable bonds is 6. The Hall–Kier alpha value is -3.01. The van der Waals surface area contributed by atoms with Gasteiger partial charge in [0.05, 0.1) is 6.61 Å². The van der Waals surface area contributed by atoms with Crippen molar-refractivity contribution in [1.29, 1.82) is 0 Å². The van der Waals surface area contributed by atoms with Crippen molar-refractivity contribution in [3.05, 3.63) is 40.3 Å². The number of amides is 3. The molecule has 0 unspecified atom stereocenters. The van der Waals surface area contributed by atoms with Gasteiger partial charge in [-0.05, 0) is 31.9 Å². The summed E-state index contributed by atoms with van der Waals surface area (Å²) in [6.07, 6.45) is 1.67. The zero-order chi connectivity index (χ0) is 20.6. The zero-order valence-electron chi connectivity index (χ0n) is 16.1. The molecule has 1 saturated heterocycles. The molecular weight excluding hydrogens is 394 g/mol. The molecule has 2 heterocycles. The predicted molar refractivity (Wildman–Crippen MR) is 108 cm³/mol. The van der Waals surface area contributed by atoms with Crippen LogP contribution in [0.25, 0.3) is 0 Å². The minimum absolute atomic E-state index is 0.00729. The Morgan fingerprint density at radius 3 is 2.79 bits per heavy atom. The molecule has 2 N–H and O–H groups in total. The fourth-order valence-corrected chi connectivity index (χ4v) is 3.90. The topological polar surface area (TPSA) is 114 Å². The summed E-state index contributed by atoms with van der Waals surface area (Å²) in [5.41, 5.74) is 0.691. The van der Waals surface area contributed by atoms with Gasteiger partial charge in [-0.25, -0.2) is 4.79 Å². The number of aromatic nitrogens is 2. The minimum Gasteiger partial charge on any atom is -0.465 e. The molecular formula is C19H23N5O4S. The van der Waals surface area contributed by atoms with Gasteiger partial charge < -0.3 is 20.3 Å². The van der Waals surface area contributed by atoms with Crippen LogP contribution in [-0.4, -0.2) is 59.2 Å². The fourth-order valence-electron chi connectivity index (χ4n) is 3.03. The standard InChI is InChI=1S/C19H23N5O4S/c1-2-28-15(25)11-20-19(27)24-10-6-7-13(12-24)17-22-23-18(29-17)16(26)21-14-8-4-3-5-9-14/h3-5,8-9,13H,2,6-7,10-12H2,1H3,(H,20,27)(H,21,26)/t13-/m0/s1. The van der Waals surface area contributed by atoms with Crippen LogP contribution in [0.3, 0.4) is 0 Å². The van der Waals surface area contributed by atoms with Crippen molar-refractivity contribution >= 4 is 34.9 Å². The summed E-state index contributed by atoms with van der Waals surface area (Å²) in [6.45, 7) is 2.90. The Kier molecular flexibility index (Phi) is 7.12. The highest BCUT2D eigenvalue weighted by Crippen LogP contribution is 2.29. The van der Waals surface area contributed by atoms with Crippen molar-refractivity contribution < 1.29 is 19.1 Å². The fraction of sp³-hybridized carbons (Fsp3) is 0.421. The normalized spacial score (nSPS) is 16.2. The van der Waals surface area contributed by atoms with Gasteiger partial charge in [0.1, 0.15) is 11.6 Å². The van der Waals surface area contributed by atoms with Crippen molar-refractivity contribution in [2.75, 3.05) is 31.6 Å². The number of piperidine rings is 1. The molecule has 10 heteroatoms. The van der Waals surface area contributed by atoms with Gasteiger partial charge in [-0.1, -0.05) is 29.5 Å². The maximum absolute atomic E-state index is 12.4. The smallest absolute Gasteiger partial charge is 0.325 e. The van der Waals surface area contributed by atoms with E-state index in [9.17, 15) is 14.4 Å². The van der Waals surface area contributed by atoms with Crippen LogP contribution in [0.5, 0.6) is 0 Å². The average molecular weight is 417 g/mol. The molecule has 154 valence electrons. The number of anilines is 1. The second-order valence-electron chi connectivity index (χ2n) is 6.51. The molecule has 0 spiro atoms. The van der Waals surface area contributed by atoms with E-state index in [0.29, 0.717) is 18.8 Å². The number of carbonyl (C=O) groups is 3. The molecule has 1 aliphatic heterocycles. The van der Waals surface area contributed by atoms with Crippen molar-refractivity contribution in [2.45, 2.75) is 25.7 Å². The van der Waals surface area contributed by atoms with Crippen LogP contribution in [0.1, 0.15) is 40.5 Å². The highest BCUT2D eigenvalue weighted by molar-refractivity contribution is 7.13. The van der Waals surface area contributed by atoms with Crippen molar-refractivity contribution in [1.82, 2.24) is 20.4 Å². The summed E-state index contributed by atoms with van der Waals surface area (Å²) in [6, 6.07) is 8.84. The SMILES string of the molecule is CCOC(=O)CNC(=O)N1CCC[C@H](c2nnc(C(=O)Nc3ccccc3)s2)C1. The third-order valence-corrected chi connectivity index (χ3v) is 5.50. The lowest BCUT2D eigenvalue weighted by Crippen LogP contribution is -2.46. The second kappa shape index (κ2) is 9.97. The summed E-state index contributed by atoms with van der Waals surface area (Å²) in [5, 5.41) is 14.6. The van der Waals surface area contributed by atoms with Crippen molar-refractivity contribution in [3.8, 4) is 0 Å². The number of ether oxygens (including phenoxy) is 1. The molecule has 0 bridgehead atoms. The number of hydrogen-bond acceptors (Lipinski definition) is 7. The molecule has 1 aromatic carbocycles. The Labute approximate surface area is 172 Å². The summed E-state index contributed by atoms with van der Waals surface area (Å²) in [4.78, 5) is 37.7. The van der Waals surface area contributed by atoms with Crippen molar-refractivity contribution in [3.63, 3.8) is 0 Å². The van der Waals surface area contributed by atoms with E-state index in [1.165, 1.54) is 11.3 Å². The molecule has 0 radical (unpaired) electrons. The van der Waals surface area contributed by atoms with Crippen LogP contribution in [0.2, 0.25) is 0 Å². The number of likely N-dealkylation sites (tertiary alicyclic amines) is 1. The predicted octanol–water partition coefficient (Wildman–Crippen LogP) is 2.24. The van der Waals surface area contributed by atoms with Gasteiger partial charge in [0.25, 0.3) is 5.91 Å². The van der Waals surface area contributed by atoms with E-state index in [1.54, 1.807) is 24.0 Å². The lowest BCUT2D eigenvalue weighted by molar-refractivity contribution is -0.141. The number of nitrogens with one attached hydrogen (secondary N) is 2. The first-order valence-corrected chi connectivity index (χ1v) is 10.3. The Morgan fingerprint density at radius 1 is 1.24 bits per heavy atom. The molecule has 9 nitrogen and oxygen atoms in total. The average Bonchev–Trinajstić information content (AvgIpc) is 3.24. The highest BCUT2D eigenvalue weighted by atomic mass is 32.1. The Bertz CT molecular complexity index is 857. The van der Waals surface area contributed by atoms with Gasteiger partial charge in [-0.15, -0.1) is 10.2 Å². The summed E-state index contributed by atoms with van der Waals surface area (Å²) >= 11 is 1.24. The van der Waals surface area contributed by atoms with Crippen LogP contribution in [0.15, 0.2) is 30.3 Å². The van der Waals surface area contributed by atoms with E-state index in [0.717, 1.165) is 17.8 Å². The molecule has 1 aromatic heterocycles. The largest absolute Gasteiger partial charge is 0.465 e.